The highest BCUT2D eigenvalue weighted by atomic mass is 16.2. The van der Waals surface area contributed by atoms with Crippen molar-refractivity contribution in [3.05, 3.63) is 34.5 Å². The largest absolute Gasteiger partial charge is 0.368 e. The molecular weight excluding hydrogens is 164 g/mol. The smallest absolute Gasteiger partial charge is 0.244 e. The van der Waals surface area contributed by atoms with E-state index in [1.165, 1.54) is 0 Å². The summed E-state index contributed by atoms with van der Waals surface area (Å²) >= 11 is 0. The highest BCUT2D eigenvalue weighted by Crippen LogP contribution is 1.89. The molecule has 0 atom stereocenters. The molecule has 0 fully saturated rings. The van der Waals surface area contributed by atoms with Gasteiger partial charge in [0.2, 0.25) is 0 Å². The van der Waals surface area contributed by atoms with E-state index >= 15 is 0 Å². The standard InChI is InChI=1S/C8H6N2O.C2H6/c1-5-3-2-4-6-7(5)10-8(11)9-6;1-2/h2-4H,1H3;1-2H3. The minimum Gasteiger partial charge on any atom is -0.244 e. The summed E-state index contributed by atoms with van der Waals surface area (Å²) in [6.07, 6.45) is 0. The quantitative estimate of drug-likeness (QED) is 0.589. The van der Waals surface area contributed by atoms with Crippen molar-refractivity contribution in [3.8, 4) is 0 Å². The third-order valence-corrected chi connectivity index (χ3v) is 1.64. The number of benzene rings is 1. The lowest BCUT2D eigenvalue weighted by Crippen LogP contribution is -2.23. The Bertz CT molecular complexity index is 435. The Hall–Kier alpha value is -1.51. The molecule has 2 rings (SSSR count). The number of fused-ring (bicyclic) bond motifs is 1. The van der Waals surface area contributed by atoms with Crippen LogP contribution in [0.25, 0.3) is 0 Å². The molecule has 3 nitrogen and oxygen atoms in total. The normalized spacial score (nSPS) is 12.1. The highest BCUT2D eigenvalue weighted by molar-refractivity contribution is 5.77. The number of urea groups is 1. The number of rotatable bonds is 0. The first kappa shape index (κ1) is 9.58. The zero-order valence-corrected chi connectivity index (χ0v) is 8.03. The SMILES string of the molecule is CC.Cc1cccc2c1=NC(=O)N=2. The van der Waals surface area contributed by atoms with Crippen molar-refractivity contribution in [2.45, 2.75) is 20.8 Å². The van der Waals surface area contributed by atoms with Crippen molar-refractivity contribution in [2.75, 3.05) is 0 Å². The Morgan fingerprint density at radius 2 is 1.85 bits per heavy atom. The van der Waals surface area contributed by atoms with Gasteiger partial charge in [0.15, 0.2) is 0 Å². The number of carbonyl (C=O) groups is 1. The lowest BCUT2D eigenvalue weighted by Gasteiger charge is -1.85. The third kappa shape index (κ3) is 1.80. The van der Waals surface area contributed by atoms with Crippen LogP contribution < -0.4 is 10.7 Å². The van der Waals surface area contributed by atoms with Crippen molar-refractivity contribution >= 4 is 6.03 Å². The van der Waals surface area contributed by atoms with E-state index < -0.39 is 6.03 Å². The first-order chi connectivity index (χ1) is 6.27. The Morgan fingerprint density at radius 1 is 1.15 bits per heavy atom. The minimum absolute atomic E-state index is 0.394. The third-order valence-electron chi connectivity index (χ3n) is 1.64. The summed E-state index contributed by atoms with van der Waals surface area (Å²) in [5, 5.41) is 1.41. The van der Waals surface area contributed by atoms with Gasteiger partial charge in [0.1, 0.15) is 0 Å². The molecule has 1 aliphatic rings. The maximum absolute atomic E-state index is 10.7. The molecule has 1 aromatic rings. The van der Waals surface area contributed by atoms with E-state index in [1.807, 2.05) is 32.9 Å². The molecule has 2 amide bonds. The Balaban J connectivity index is 0.000000396. The van der Waals surface area contributed by atoms with Crippen LogP contribution >= 0.6 is 0 Å². The van der Waals surface area contributed by atoms with Crippen molar-refractivity contribution in [1.29, 1.82) is 0 Å². The van der Waals surface area contributed by atoms with Gasteiger partial charge in [0.05, 0.1) is 10.7 Å². The summed E-state index contributed by atoms with van der Waals surface area (Å²) in [7, 11) is 0. The van der Waals surface area contributed by atoms with Crippen LogP contribution in [0, 0.1) is 6.92 Å². The van der Waals surface area contributed by atoms with Crippen LogP contribution in [0.15, 0.2) is 28.2 Å². The topological polar surface area (TPSA) is 41.8 Å². The van der Waals surface area contributed by atoms with Gasteiger partial charge in [-0.05, 0) is 18.6 Å². The number of amides is 2. The lowest BCUT2D eigenvalue weighted by atomic mass is 10.2. The predicted octanol–water partition coefficient (Wildman–Crippen LogP) is 1.39. The average Bonchev–Trinajstić information content (AvgIpc) is 2.51. The summed E-state index contributed by atoms with van der Waals surface area (Å²) in [5.41, 5.74) is 0.997. The van der Waals surface area contributed by atoms with Crippen molar-refractivity contribution in [2.24, 2.45) is 9.98 Å². The second kappa shape index (κ2) is 3.94. The molecule has 3 heteroatoms. The molecule has 0 saturated carbocycles. The molecule has 0 spiro atoms. The van der Waals surface area contributed by atoms with Gasteiger partial charge >= 0.3 is 6.03 Å². The second-order valence-corrected chi connectivity index (χ2v) is 2.45. The zero-order valence-electron chi connectivity index (χ0n) is 8.03. The molecule has 0 unspecified atom stereocenters. The maximum atomic E-state index is 10.7. The molecule has 1 aromatic carbocycles. The predicted molar refractivity (Wildman–Crippen MR) is 50.2 cm³/mol. The highest BCUT2D eigenvalue weighted by Gasteiger charge is 2.04. The van der Waals surface area contributed by atoms with E-state index in [4.69, 9.17) is 0 Å². The zero-order chi connectivity index (χ0) is 9.84. The van der Waals surface area contributed by atoms with Crippen LogP contribution in [-0.4, -0.2) is 6.03 Å². The Morgan fingerprint density at radius 3 is 2.46 bits per heavy atom. The maximum Gasteiger partial charge on any atom is 0.368 e. The van der Waals surface area contributed by atoms with Gasteiger partial charge in [0, 0.05) is 0 Å². The number of aryl methyl sites for hydroxylation is 1. The van der Waals surface area contributed by atoms with Crippen molar-refractivity contribution in [3.63, 3.8) is 0 Å². The fraction of sp³-hybridized carbons (Fsp3) is 0.300. The number of hydrogen-bond acceptors (Lipinski definition) is 1. The second-order valence-electron chi connectivity index (χ2n) is 2.45. The van der Waals surface area contributed by atoms with Crippen molar-refractivity contribution in [1.82, 2.24) is 0 Å². The van der Waals surface area contributed by atoms with Crippen LogP contribution in [-0.2, 0) is 0 Å². The molecule has 68 valence electrons. The Labute approximate surface area is 76.8 Å². The summed E-state index contributed by atoms with van der Waals surface area (Å²) < 4.78 is 0. The van der Waals surface area contributed by atoms with Gasteiger partial charge in [-0.2, -0.15) is 9.98 Å². The first-order valence-corrected chi connectivity index (χ1v) is 4.34. The van der Waals surface area contributed by atoms with Gasteiger partial charge in [-0.25, -0.2) is 4.79 Å². The van der Waals surface area contributed by atoms with E-state index in [-0.39, 0.29) is 0 Å². The van der Waals surface area contributed by atoms with E-state index in [2.05, 4.69) is 9.98 Å². The molecule has 1 aliphatic heterocycles. The molecular formula is C10H12N2O. The number of carbonyl (C=O) groups excluding carboxylic acids is 1. The average molecular weight is 176 g/mol. The Kier molecular flexibility index (Phi) is 2.90. The molecule has 0 aromatic heterocycles. The fourth-order valence-corrected chi connectivity index (χ4v) is 1.10. The number of para-hydroxylation sites is 1. The van der Waals surface area contributed by atoms with Gasteiger partial charge in [-0.15, -0.1) is 0 Å². The van der Waals surface area contributed by atoms with Crippen molar-refractivity contribution < 1.29 is 4.79 Å². The van der Waals surface area contributed by atoms with E-state index in [1.54, 1.807) is 6.07 Å². The van der Waals surface area contributed by atoms with Crippen LogP contribution in [0.2, 0.25) is 0 Å². The van der Waals surface area contributed by atoms with E-state index in [0.717, 1.165) is 10.9 Å². The minimum atomic E-state index is -0.394. The molecule has 0 N–H and O–H groups in total. The summed E-state index contributed by atoms with van der Waals surface area (Å²) in [6.45, 7) is 5.91. The van der Waals surface area contributed by atoms with Crippen LogP contribution in [0.5, 0.6) is 0 Å². The number of nitrogens with zero attached hydrogens (tertiary/aromatic N) is 2. The van der Waals surface area contributed by atoms with Crippen LogP contribution in [0.1, 0.15) is 19.4 Å². The van der Waals surface area contributed by atoms with Gasteiger partial charge in [-0.1, -0.05) is 26.0 Å². The van der Waals surface area contributed by atoms with Crippen LogP contribution in [0.4, 0.5) is 4.79 Å². The van der Waals surface area contributed by atoms with E-state index in [9.17, 15) is 4.79 Å². The summed E-state index contributed by atoms with van der Waals surface area (Å²) in [5.74, 6) is 0. The summed E-state index contributed by atoms with van der Waals surface area (Å²) in [4.78, 5) is 18.2. The molecule has 0 aliphatic carbocycles. The van der Waals surface area contributed by atoms with E-state index in [0.29, 0.717) is 5.36 Å². The van der Waals surface area contributed by atoms with Crippen LogP contribution in [0.3, 0.4) is 0 Å². The fourth-order valence-electron chi connectivity index (χ4n) is 1.10. The van der Waals surface area contributed by atoms with Gasteiger partial charge < -0.3 is 0 Å². The molecule has 1 heterocycles. The summed E-state index contributed by atoms with van der Waals surface area (Å²) in [6, 6.07) is 5.17. The van der Waals surface area contributed by atoms with Gasteiger partial charge in [0.25, 0.3) is 0 Å². The molecule has 0 radical (unpaired) electrons. The molecule has 13 heavy (non-hydrogen) atoms. The van der Waals surface area contributed by atoms with Gasteiger partial charge in [-0.3, -0.25) is 0 Å². The molecule has 0 bridgehead atoms. The first-order valence-electron chi connectivity index (χ1n) is 4.34. The monoisotopic (exact) mass is 176 g/mol. The molecule has 0 saturated heterocycles. The lowest BCUT2D eigenvalue weighted by molar-refractivity contribution is 0.256. The number of hydrogen-bond donors (Lipinski definition) is 0.